The van der Waals surface area contributed by atoms with Gasteiger partial charge in [0, 0.05) is 11.4 Å². The Labute approximate surface area is 180 Å². The first-order chi connectivity index (χ1) is 14.7. The van der Waals surface area contributed by atoms with Gasteiger partial charge in [-0.3, -0.25) is 9.59 Å². The second-order valence-corrected chi connectivity index (χ2v) is 8.39. The van der Waals surface area contributed by atoms with Crippen molar-refractivity contribution in [3.05, 3.63) is 82.6 Å². The van der Waals surface area contributed by atoms with Crippen LogP contribution in [0.5, 0.6) is 0 Å². The Balaban J connectivity index is 1.44. The van der Waals surface area contributed by atoms with Crippen molar-refractivity contribution in [3.63, 3.8) is 0 Å². The van der Waals surface area contributed by atoms with Crippen molar-refractivity contribution < 1.29 is 9.59 Å². The van der Waals surface area contributed by atoms with Crippen LogP contribution in [0.1, 0.15) is 22.9 Å². The van der Waals surface area contributed by atoms with Gasteiger partial charge in [-0.1, -0.05) is 60.7 Å². The molecule has 5 nitrogen and oxygen atoms in total. The molecule has 1 saturated heterocycles. The molecule has 1 fully saturated rings. The minimum Gasteiger partial charge on any atom is -0.347 e. The van der Waals surface area contributed by atoms with Gasteiger partial charge >= 0.3 is 0 Å². The number of carbonyl (C=O) groups excluding carboxylic acids is 2. The Morgan fingerprint density at radius 1 is 1.00 bits per heavy atom. The Bertz CT molecular complexity index is 965. The van der Waals surface area contributed by atoms with Crippen LogP contribution >= 0.6 is 11.3 Å². The van der Waals surface area contributed by atoms with Crippen LogP contribution in [-0.4, -0.2) is 31.4 Å². The molecular weight excluding hydrogens is 394 g/mol. The van der Waals surface area contributed by atoms with Gasteiger partial charge in [0.25, 0.3) is 0 Å². The minimum absolute atomic E-state index is 0.0146. The van der Waals surface area contributed by atoms with Crippen LogP contribution in [0.4, 0.5) is 0 Å². The van der Waals surface area contributed by atoms with Crippen molar-refractivity contribution in [3.8, 4) is 11.1 Å². The molecule has 0 radical (unpaired) electrons. The highest BCUT2D eigenvalue weighted by Gasteiger charge is 2.23. The second kappa shape index (κ2) is 9.69. The maximum Gasteiger partial charge on any atom is 0.240 e. The van der Waals surface area contributed by atoms with E-state index in [0.29, 0.717) is 6.54 Å². The zero-order chi connectivity index (χ0) is 20.8. The predicted molar refractivity (Wildman–Crippen MR) is 120 cm³/mol. The summed E-state index contributed by atoms with van der Waals surface area (Å²) < 4.78 is 0. The second-order valence-electron chi connectivity index (χ2n) is 7.41. The Morgan fingerprint density at radius 2 is 1.77 bits per heavy atom. The van der Waals surface area contributed by atoms with Gasteiger partial charge < -0.3 is 16.0 Å². The molecular formula is C24H25N3O2S. The molecule has 0 aliphatic carbocycles. The molecule has 3 N–H and O–H groups in total. The molecule has 4 rings (SSSR count). The Kier molecular flexibility index (Phi) is 6.57. The fraction of sp³-hybridized carbons (Fsp3) is 0.250. The molecule has 2 heterocycles. The molecule has 3 aromatic rings. The molecule has 2 atom stereocenters. The highest BCUT2D eigenvalue weighted by molar-refractivity contribution is 7.10. The zero-order valence-electron chi connectivity index (χ0n) is 16.6. The van der Waals surface area contributed by atoms with E-state index < -0.39 is 0 Å². The molecule has 1 aromatic heterocycles. The quantitative estimate of drug-likeness (QED) is 0.550. The molecule has 0 bridgehead atoms. The molecule has 30 heavy (non-hydrogen) atoms. The number of carbonyl (C=O) groups is 2. The summed E-state index contributed by atoms with van der Waals surface area (Å²) in [6, 6.07) is 22.2. The number of hydrogen-bond acceptors (Lipinski definition) is 4. The molecule has 0 saturated carbocycles. The molecule has 2 aromatic carbocycles. The third kappa shape index (κ3) is 4.96. The van der Waals surface area contributed by atoms with Gasteiger partial charge in [-0.15, -0.1) is 11.3 Å². The van der Waals surface area contributed by atoms with Gasteiger partial charge in [0.15, 0.2) is 0 Å². The monoisotopic (exact) mass is 419 g/mol. The summed E-state index contributed by atoms with van der Waals surface area (Å²) in [6.45, 7) is 1.52. The summed E-state index contributed by atoms with van der Waals surface area (Å²) in [5.74, 6) is -0.300. The van der Waals surface area contributed by atoms with Crippen LogP contribution in [0.2, 0.25) is 0 Å². The summed E-state index contributed by atoms with van der Waals surface area (Å²) in [7, 11) is 0. The van der Waals surface area contributed by atoms with Crippen molar-refractivity contribution in [1.29, 1.82) is 0 Å². The lowest BCUT2D eigenvalue weighted by atomic mass is 10.00. The molecule has 0 unspecified atom stereocenters. The van der Waals surface area contributed by atoms with E-state index >= 15 is 0 Å². The minimum atomic E-state index is -0.243. The van der Waals surface area contributed by atoms with E-state index in [1.165, 1.54) is 0 Å². The van der Waals surface area contributed by atoms with Crippen LogP contribution in [-0.2, 0) is 9.59 Å². The average molecular weight is 420 g/mol. The molecule has 1 aliphatic heterocycles. The highest BCUT2D eigenvalue weighted by atomic mass is 32.1. The van der Waals surface area contributed by atoms with E-state index in [-0.39, 0.29) is 30.3 Å². The number of thiophene rings is 1. The predicted octanol–water partition coefficient (Wildman–Crippen LogP) is 3.35. The average Bonchev–Trinajstić information content (AvgIpc) is 3.51. The van der Waals surface area contributed by atoms with Crippen molar-refractivity contribution in [2.75, 3.05) is 19.6 Å². The third-order valence-corrected chi connectivity index (χ3v) is 6.28. The highest BCUT2D eigenvalue weighted by Crippen LogP contribution is 2.28. The van der Waals surface area contributed by atoms with Crippen molar-refractivity contribution in [1.82, 2.24) is 16.0 Å². The smallest absolute Gasteiger partial charge is 0.240 e. The van der Waals surface area contributed by atoms with Gasteiger partial charge in [-0.05, 0) is 41.1 Å². The number of amides is 2. The molecule has 1 aliphatic rings. The lowest BCUT2D eigenvalue weighted by Gasteiger charge is -2.19. The summed E-state index contributed by atoms with van der Waals surface area (Å²) in [4.78, 5) is 25.8. The first-order valence-electron chi connectivity index (χ1n) is 10.2. The van der Waals surface area contributed by atoms with Crippen molar-refractivity contribution >= 4 is 23.2 Å². The zero-order valence-corrected chi connectivity index (χ0v) is 17.5. The number of hydrogen-bond donors (Lipinski definition) is 3. The van der Waals surface area contributed by atoms with Crippen LogP contribution < -0.4 is 16.0 Å². The maximum atomic E-state index is 12.6. The van der Waals surface area contributed by atoms with E-state index in [1.54, 1.807) is 11.3 Å². The van der Waals surface area contributed by atoms with E-state index in [4.69, 9.17) is 0 Å². The van der Waals surface area contributed by atoms with Gasteiger partial charge in [-0.25, -0.2) is 0 Å². The Hall–Kier alpha value is -2.96. The van der Waals surface area contributed by atoms with E-state index in [9.17, 15) is 9.59 Å². The standard InChI is InChI=1S/C24H25N3O2S/c28-22(16-26-24(29)20-12-13-25-15-20)27-23(21-7-4-14-30-21)19-10-8-18(9-11-19)17-5-2-1-3-6-17/h1-11,14,20,23,25H,12-13,15-16H2,(H,26,29)(H,27,28)/t20-,23-/m1/s1. The van der Waals surface area contributed by atoms with Crippen LogP contribution in [0, 0.1) is 5.92 Å². The summed E-state index contributed by atoms with van der Waals surface area (Å²) in [5.41, 5.74) is 3.30. The number of benzene rings is 2. The van der Waals surface area contributed by atoms with E-state index in [2.05, 4.69) is 52.3 Å². The van der Waals surface area contributed by atoms with Gasteiger partial charge in [0.2, 0.25) is 11.8 Å². The topological polar surface area (TPSA) is 70.2 Å². The number of rotatable bonds is 7. The van der Waals surface area contributed by atoms with Gasteiger partial charge in [-0.2, -0.15) is 0 Å². The summed E-state index contributed by atoms with van der Waals surface area (Å²) in [5, 5.41) is 11.0. The third-order valence-electron chi connectivity index (χ3n) is 5.34. The first kappa shape index (κ1) is 20.3. The SMILES string of the molecule is O=C(CNC(=O)[C@@H]1CCNC1)N[C@H](c1ccc(-c2ccccc2)cc1)c1cccs1. The normalized spacial score (nSPS) is 16.7. The number of nitrogens with one attached hydrogen (secondary N) is 3. The van der Waals surface area contributed by atoms with E-state index in [0.717, 1.165) is 34.5 Å². The van der Waals surface area contributed by atoms with Gasteiger partial charge in [0.1, 0.15) is 0 Å². The molecule has 6 heteroatoms. The van der Waals surface area contributed by atoms with Crippen LogP contribution in [0.3, 0.4) is 0 Å². The molecule has 0 spiro atoms. The molecule has 2 amide bonds. The lowest BCUT2D eigenvalue weighted by Crippen LogP contribution is -2.41. The van der Waals surface area contributed by atoms with Crippen LogP contribution in [0.15, 0.2) is 72.1 Å². The van der Waals surface area contributed by atoms with E-state index in [1.807, 2.05) is 35.7 Å². The summed E-state index contributed by atoms with van der Waals surface area (Å²) >= 11 is 1.60. The Morgan fingerprint density at radius 3 is 2.43 bits per heavy atom. The maximum absolute atomic E-state index is 12.6. The largest absolute Gasteiger partial charge is 0.347 e. The van der Waals surface area contributed by atoms with Crippen molar-refractivity contribution in [2.24, 2.45) is 5.92 Å². The fourth-order valence-corrected chi connectivity index (χ4v) is 4.48. The van der Waals surface area contributed by atoms with Gasteiger partial charge in [0.05, 0.1) is 18.5 Å². The van der Waals surface area contributed by atoms with Crippen LogP contribution in [0.25, 0.3) is 11.1 Å². The van der Waals surface area contributed by atoms with Crippen molar-refractivity contribution in [2.45, 2.75) is 12.5 Å². The lowest BCUT2D eigenvalue weighted by molar-refractivity contribution is -0.128. The first-order valence-corrected chi connectivity index (χ1v) is 11.1. The fourth-order valence-electron chi connectivity index (χ4n) is 3.68. The summed E-state index contributed by atoms with van der Waals surface area (Å²) in [6.07, 6.45) is 0.818. The molecule has 154 valence electrons.